The number of fused-ring (bicyclic) bond motifs is 5. The summed E-state index contributed by atoms with van der Waals surface area (Å²) in [5.74, 6) is -3.11. The zero-order valence-electron chi connectivity index (χ0n) is 20.4. The van der Waals surface area contributed by atoms with E-state index in [1.807, 2.05) is 13.8 Å². The molecule has 4 aliphatic carbocycles. The number of rotatable bonds is 6. The van der Waals surface area contributed by atoms with Crippen molar-refractivity contribution in [2.75, 3.05) is 5.88 Å². The number of hydrogen-bond acceptors (Lipinski definition) is 5. The third-order valence-corrected chi connectivity index (χ3v) is 9.69. The Morgan fingerprint density at radius 2 is 1.94 bits per heavy atom. The van der Waals surface area contributed by atoms with Crippen LogP contribution < -0.4 is 0 Å². The monoisotopic (exact) mass is 492 g/mol. The fourth-order valence-corrected chi connectivity index (χ4v) is 7.89. The summed E-state index contributed by atoms with van der Waals surface area (Å²) in [6.45, 7) is 7.44. The number of ether oxygens (including phenoxy) is 1. The van der Waals surface area contributed by atoms with E-state index in [1.165, 1.54) is 12.2 Å². The first-order chi connectivity index (χ1) is 15.9. The van der Waals surface area contributed by atoms with Crippen molar-refractivity contribution in [1.29, 1.82) is 0 Å². The van der Waals surface area contributed by atoms with E-state index < -0.39 is 45.6 Å². The summed E-state index contributed by atoms with van der Waals surface area (Å²) in [5, 5.41) is 0. The van der Waals surface area contributed by atoms with Crippen molar-refractivity contribution < 1.29 is 28.3 Å². The van der Waals surface area contributed by atoms with Gasteiger partial charge in [-0.1, -0.05) is 38.8 Å². The molecule has 7 atom stereocenters. The van der Waals surface area contributed by atoms with Gasteiger partial charge >= 0.3 is 5.97 Å². The quantitative estimate of drug-likeness (QED) is 0.381. The highest BCUT2D eigenvalue weighted by Crippen LogP contribution is 2.70. The molecule has 0 aliphatic heterocycles. The second-order valence-corrected chi connectivity index (χ2v) is 11.4. The maximum Gasteiger partial charge on any atom is 0.306 e. The van der Waals surface area contributed by atoms with Crippen molar-refractivity contribution >= 4 is 34.9 Å². The zero-order valence-corrected chi connectivity index (χ0v) is 21.2. The summed E-state index contributed by atoms with van der Waals surface area (Å²) in [4.78, 5) is 51.9. The van der Waals surface area contributed by atoms with E-state index in [-0.39, 0.29) is 42.8 Å². The van der Waals surface area contributed by atoms with Gasteiger partial charge in [0.25, 0.3) is 0 Å². The Bertz CT molecular complexity index is 1000. The van der Waals surface area contributed by atoms with E-state index in [0.29, 0.717) is 24.8 Å². The van der Waals surface area contributed by atoms with Gasteiger partial charge in [0.2, 0.25) is 0 Å². The predicted molar refractivity (Wildman–Crippen MR) is 126 cm³/mol. The Labute approximate surface area is 205 Å². The Kier molecular flexibility index (Phi) is 6.24. The summed E-state index contributed by atoms with van der Waals surface area (Å²) < 4.78 is 23.2. The van der Waals surface area contributed by atoms with Crippen LogP contribution in [0.3, 0.4) is 0 Å². The Morgan fingerprint density at radius 3 is 2.59 bits per heavy atom. The molecule has 0 aromatic carbocycles. The summed E-state index contributed by atoms with van der Waals surface area (Å²) in [5.41, 5.74) is -5.33. The highest BCUT2D eigenvalue weighted by Gasteiger charge is 2.76. The molecule has 0 heterocycles. The van der Waals surface area contributed by atoms with Crippen molar-refractivity contribution in [2.45, 2.75) is 83.9 Å². The average Bonchev–Trinajstić information content (AvgIpc) is 3.07. The number of carbonyl (C=O) groups excluding carboxylic acids is 4. The smallest absolute Gasteiger partial charge is 0.306 e. The molecule has 0 spiro atoms. The SMILES string of the molecule is CCCCC(=O)O[C@]1(C(=O)CCl)CC[C@H]2[C@@H]3C[C@H](C)C4=CC(=O)C=C[C@]4(C)[C@@]3(F)C(=O)C[C@@]21C. The molecule has 0 aromatic rings. The molecule has 0 amide bonds. The second kappa shape index (κ2) is 8.39. The van der Waals surface area contributed by atoms with Crippen molar-refractivity contribution in [3.63, 3.8) is 0 Å². The maximum atomic E-state index is 17.2. The van der Waals surface area contributed by atoms with Crippen LogP contribution in [0.2, 0.25) is 0 Å². The summed E-state index contributed by atoms with van der Waals surface area (Å²) in [6.07, 6.45) is 6.89. The van der Waals surface area contributed by atoms with Gasteiger partial charge in [-0.15, -0.1) is 11.6 Å². The first-order valence-electron chi connectivity index (χ1n) is 12.4. The van der Waals surface area contributed by atoms with Gasteiger partial charge < -0.3 is 4.74 Å². The first kappa shape index (κ1) is 25.3. The molecule has 0 unspecified atom stereocenters. The molecular weight excluding hydrogens is 459 g/mol. The maximum absolute atomic E-state index is 17.2. The van der Waals surface area contributed by atoms with Crippen LogP contribution in [-0.4, -0.2) is 40.5 Å². The minimum absolute atomic E-state index is 0.103. The van der Waals surface area contributed by atoms with Crippen molar-refractivity contribution in [2.24, 2.45) is 28.6 Å². The van der Waals surface area contributed by atoms with Crippen LogP contribution in [0.4, 0.5) is 4.39 Å². The lowest BCUT2D eigenvalue weighted by molar-refractivity contribution is -0.198. The molecule has 3 saturated carbocycles. The zero-order chi connectivity index (χ0) is 25.1. The molecular formula is C27H34ClFO5. The van der Waals surface area contributed by atoms with E-state index in [1.54, 1.807) is 19.9 Å². The molecule has 7 heteroatoms. The van der Waals surface area contributed by atoms with Crippen LogP contribution in [0.15, 0.2) is 23.8 Å². The molecule has 34 heavy (non-hydrogen) atoms. The van der Waals surface area contributed by atoms with Crippen LogP contribution in [-0.2, 0) is 23.9 Å². The largest absolute Gasteiger partial charge is 0.450 e. The number of unbranched alkanes of at least 4 members (excludes halogenated alkanes) is 1. The molecule has 5 nitrogen and oxygen atoms in total. The molecule has 4 rings (SSSR count). The number of alkyl halides is 2. The molecule has 4 aliphatic rings. The van der Waals surface area contributed by atoms with E-state index in [2.05, 4.69) is 0 Å². The number of allylic oxidation sites excluding steroid dienone is 4. The summed E-state index contributed by atoms with van der Waals surface area (Å²) in [6, 6.07) is 0. The van der Waals surface area contributed by atoms with Gasteiger partial charge in [0.1, 0.15) is 0 Å². The van der Waals surface area contributed by atoms with Gasteiger partial charge in [0.05, 0.1) is 5.88 Å². The third kappa shape index (κ3) is 3.16. The number of ketones is 3. The van der Waals surface area contributed by atoms with E-state index in [0.717, 1.165) is 6.42 Å². The average molecular weight is 493 g/mol. The molecule has 0 radical (unpaired) electrons. The van der Waals surface area contributed by atoms with E-state index in [9.17, 15) is 19.2 Å². The van der Waals surface area contributed by atoms with E-state index in [4.69, 9.17) is 16.3 Å². The number of Topliss-reactive ketones (excluding diaryl/α,β-unsaturated/α-hetero) is 2. The molecule has 0 bridgehead atoms. The molecule has 186 valence electrons. The Hall–Kier alpha value is -1.82. The van der Waals surface area contributed by atoms with Crippen LogP contribution in [0.5, 0.6) is 0 Å². The fraction of sp³-hybridized carbons (Fsp3) is 0.704. The second-order valence-electron chi connectivity index (χ2n) is 11.1. The summed E-state index contributed by atoms with van der Waals surface area (Å²) >= 11 is 6.01. The third-order valence-electron chi connectivity index (χ3n) is 9.45. The van der Waals surface area contributed by atoms with Gasteiger partial charge in [-0.25, -0.2) is 4.39 Å². The minimum Gasteiger partial charge on any atom is -0.450 e. The lowest BCUT2D eigenvalue weighted by Crippen LogP contribution is -2.69. The van der Waals surface area contributed by atoms with Gasteiger partial charge in [0, 0.05) is 29.6 Å². The van der Waals surface area contributed by atoms with Gasteiger partial charge in [-0.2, -0.15) is 0 Å². The molecule has 3 fully saturated rings. The highest BCUT2D eigenvalue weighted by molar-refractivity contribution is 6.29. The Morgan fingerprint density at radius 1 is 1.24 bits per heavy atom. The van der Waals surface area contributed by atoms with E-state index >= 15 is 4.39 Å². The predicted octanol–water partition coefficient (Wildman–Crippen LogP) is 5.09. The lowest BCUT2D eigenvalue weighted by atomic mass is 9.43. The highest BCUT2D eigenvalue weighted by atomic mass is 35.5. The standard InChI is InChI=1S/C27H34ClFO5/c1-5-6-7-23(33)34-26(22(32)15-28)11-9-18-20-12-16(2)19-13-17(30)8-10-24(19,3)27(20,29)21(31)14-25(18,26)4/h8,10,13,16,18,20H,5-7,9,11-12,14-15H2,1-4H3/t16-,18-,20-,24-,25-,26-,27-/m0/s1. The fourth-order valence-electron chi connectivity index (χ4n) is 7.68. The summed E-state index contributed by atoms with van der Waals surface area (Å²) in [7, 11) is 0. The van der Waals surface area contributed by atoms with Crippen molar-refractivity contribution in [3.8, 4) is 0 Å². The van der Waals surface area contributed by atoms with Crippen LogP contribution >= 0.6 is 11.6 Å². The Balaban J connectivity index is 1.79. The number of esters is 1. The van der Waals surface area contributed by atoms with Crippen LogP contribution in [0.25, 0.3) is 0 Å². The molecule has 0 aromatic heterocycles. The molecule has 0 saturated heterocycles. The first-order valence-corrected chi connectivity index (χ1v) is 12.9. The topological polar surface area (TPSA) is 77.5 Å². The lowest BCUT2D eigenvalue weighted by Gasteiger charge is -2.61. The number of halogens is 2. The van der Waals surface area contributed by atoms with Crippen LogP contribution in [0, 0.1) is 28.6 Å². The van der Waals surface area contributed by atoms with Gasteiger partial charge in [0.15, 0.2) is 28.6 Å². The van der Waals surface area contributed by atoms with Gasteiger partial charge in [-0.05, 0) is 56.6 Å². The minimum atomic E-state index is -2.20. The van der Waals surface area contributed by atoms with Crippen molar-refractivity contribution in [1.82, 2.24) is 0 Å². The number of carbonyl (C=O) groups is 4. The van der Waals surface area contributed by atoms with Gasteiger partial charge in [-0.3, -0.25) is 19.2 Å². The number of hydrogen-bond donors (Lipinski definition) is 0. The normalized spacial score (nSPS) is 43.0. The van der Waals surface area contributed by atoms with Crippen molar-refractivity contribution in [3.05, 3.63) is 23.8 Å². The van der Waals surface area contributed by atoms with Crippen LogP contribution in [0.1, 0.15) is 72.6 Å². The molecule has 0 N–H and O–H groups in total.